The van der Waals surface area contributed by atoms with E-state index in [2.05, 4.69) is 24.8 Å². The molecule has 3 aromatic rings. The van der Waals surface area contributed by atoms with Gasteiger partial charge in [0.05, 0.1) is 5.69 Å². The number of rotatable bonds is 4. The lowest BCUT2D eigenvalue weighted by molar-refractivity contribution is 0.198. The lowest BCUT2D eigenvalue weighted by Gasteiger charge is -2.32. The Labute approximate surface area is 157 Å². The Kier molecular flexibility index (Phi) is 5.02. The predicted octanol–water partition coefficient (Wildman–Crippen LogP) is 2.31. The van der Waals surface area contributed by atoms with E-state index in [0.717, 1.165) is 49.6 Å². The maximum atomic E-state index is 12.2. The highest BCUT2D eigenvalue weighted by Gasteiger charge is 2.23. The molecule has 1 saturated heterocycles. The van der Waals surface area contributed by atoms with E-state index in [-0.39, 0.29) is 11.5 Å². The zero-order valence-electron chi connectivity index (χ0n) is 15.3. The van der Waals surface area contributed by atoms with Gasteiger partial charge in [-0.25, -0.2) is 15.0 Å². The lowest BCUT2D eigenvalue weighted by atomic mass is 9.94. The second-order valence-electron chi connectivity index (χ2n) is 6.95. The van der Waals surface area contributed by atoms with Gasteiger partial charge in [0.25, 0.3) is 5.56 Å². The van der Waals surface area contributed by atoms with E-state index in [1.165, 1.54) is 0 Å². The SMILES string of the molecule is Cc1ncc(CN2CCC[C@H](c3cc(=O)[nH]c(-c4ccccn4)n3)C2)cn1. The lowest BCUT2D eigenvalue weighted by Crippen LogP contribution is -2.34. The Hall–Kier alpha value is -2.93. The van der Waals surface area contributed by atoms with E-state index in [9.17, 15) is 4.79 Å². The minimum Gasteiger partial charge on any atom is -0.305 e. The summed E-state index contributed by atoms with van der Waals surface area (Å²) in [5.41, 5.74) is 2.49. The van der Waals surface area contributed by atoms with Crippen molar-refractivity contribution in [2.75, 3.05) is 13.1 Å². The molecule has 1 aliphatic heterocycles. The van der Waals surface area contributed by atoms with Crippen LogP contribution in [0, 0.1) is 6.92 Å². The van der Waals surface area contributed by atoms with Crippen LogP contribution in [0.1, 0.15) is 35.8 Å². The van der Waals surface area contributed by atoms with Gasteiger partial charge in [0.15, 0.2) is 5.82 Å². The summed E-state index contributed by atoms with van der Waals surface area (Å²) in [4.78, 5) is 34.9. The number of likely N-dealkylation sites (tertiary alicyclic amines) is 1. The zero-order valence-corrected chi connectivity index (χ0v) is 15.3. The van der Waals surface area contributed by atoms with Gasteiger partial charge in [0.2, 0.25) is 0 Å². The minimum absolute atomic E-state index is 0.135. The first-order valence-corrected chi connectivity index (χ1v) is 9.20. The van der Waals surface area contributed by atoms with Gasteiger partial charge >= 0.3 is 0 Å². The molecule has 27 heavy (non-hydrogen) atoms. The predicted molar refractivity (Wildman–Crippen MR) is 102 cm³/mol. The van der Waals surface area contributed by atoms with Gasteiger partial charge in [0.1, 0.15) is 11.5 Å². The number of aromatic nitrogens is 5. The van der Waals surface area contributed by atoms with E-state index in [1.54, 1.807) is 12.3 Å². The van der Waals surface area contributed by atoms with Crippen molar-refractivity contribution in [3.05, 3.63) is 70.3 Å². The summed E-state index contributed by atoms with van der Waals surface area (Å²) in [6.45, 7) is 4.60. The second kappa shape index (κ2) is 7.75. The molecule has 0 unspecified atom stereocenters. The van der Waals surface area contributed by atoms with Crippen molar-refractivity contribution in [3.63, 3.8) is 0 Å². The Morgan fingerprint density at radius 1 is 1.22 bits per heavy atom. The van der Waals surface area contributed by atoms with Gasteiger partial charge in [-0.2, -0.15) is 0 Å². The van der Waals surface area contributed by atoms with E-state index >= 15 is 0 Å². The molecule has 1 N–H and O–H groups in total. The van der Waals surface area contributed by atoms with Gasteiger partial charge in [-0.1, -0.05) is 6.07 Å². The molecule has 4 rings (SSSR count). The van der Waals surface area contributed by atoms with Crippen LogP contribution in [0.2, 0.25) is 0 Å². The molecule has 0 radical (unpaired) electrons. The van der Waals surface area contributed by atoms with Crippen LogP contribution in [0.5, 0.6) is 0 Å². The maximum absolute atomic E-state index is 12.2. The average molecular weight is 362 g/mol. The van der Waals surface area contributed by atoms with Gasteiger partial charge in [0, 0.05) is 49.2 Å². The molecule has 7 heteroatoms. The monoisotopic (exact) mass is 362 g/mol. The molecule has 0 amide bonds. The first-order valence-electron chi connectivity index (χ1n) is 9.20. The number of aryl methyl sites for hydroxylation is 1. The summed E-state index contributed by atoms with van der Waals surface area (Å²) in [5, 5.41) is 0. The highest BCUT2D eigenvalue weighted by atomic mass is 16.1. The fourth-order valence-corrected chi connectivity index (χ4v) is 3.51. The quantitative estimate of drug-likeness (QED) is 0.766. The first kappa shape index (κ1) is 17.5. The summed E-state index contributed by atoms with van der Waals surface area (Å²) in [5.74, 6) is 1.54. The van der Waals surface area contributed by atoms with E-state index < -0.39 is 0 Å². The number of nitrogens with one attached hydrogen (secondary N) is 1. The van der Waals surface area contributed by atoms with Crippen molar-refractivity contribution in [1.29, 1.82) is 0 Å². The van der Waals surface area contributed by atoms with Gasteiger partial charge < -0.3 is 4.98 Å². The number of pyridine rings is 1. The van der Waals surface area contributed by atoms with Gasteiger partial charge in [-0.15, -0.1) is 0 Å². The van der Waals surface area contributed by atoms with Crippen molar-refractivity contribution in [1.82, 2.24) is 29.8 Å². The summed E-state index contributed by atoms with van der Waals surface area (Å²) in [6.07, 6.45) is 7.57. The Balaban J connectivity index is 1.53. The Bertz CT molecular complexity index is 954. The molecule has 1 atom stereocenters. The van der Waals surface area contributed by atoms with Crippen molar-refractivity contribution < 1.29 is 0 Å². The van der Waals surface area contributed by atoms with Crippen LogP contribution in [0.4, 0.5) is 0 Å². The van der Waals surface area contributed by atoms with Crippen LogP contribution in [-0.2, 0) is 6.54 Å². The minimum atomic E-state index is -0.135. The standard InChI is InChI=1S/C20H22N6O/c1-14-22-10-15(11-23-14)12-26-8-4-5-16(13-26)18-9-19(27)25-20(24-18)17-6-2-3-7-21-17/h2-3,6-7,9-11,16H,4-5,8,12-13H2,1H3,(H,24,25,27)/t16-/m0/s1. The molecule has 7 nitrogen and oxygen atoms in total. The molecule has 3 aromatic heterocycles. The summed E-state index contributed by atoms with van der Waals surface area (Å²) >= 11 is 0. The smallest absolute Gasteiger partial charge is 0.251 e. The van der Waals surface area contributed by atoms with Crippen molar-refractivity contribution in [3.8, 4) is 11.5 Å². The highest BCUT2D eigenvalue weighted by molar-refractivity contribution is 5.48. The molecule has 4 heterocycles. The molecule has 0 saturated carbocycles. The normalized spacial score (nSPS) is 17.7. The number of hydrogen-bond acceptors (Lipinski definition) is 6. The van der Waals surface area contributed by atoms with Crippen LogP contribution < -0.4 is 5.56 Å². The van der Waals surface area contributed by atoms with E-state index in [4.69, 9.17) is 4.98 Å². The fourth-order valence-electron chi connectivity index (χ4n) is 3.51. The van der Waals surface area contributed by atoms with Crippen LogP contribution >= 0.6 is 0 Å². The third-order valence-electron chi connectivity index (χ3n) is 4.83. The second-order valence-corrected chi connectivity index (χ2v) is 6.95. The molecule has 0 spiro atoms. The highest BCUT2D eigenvalue weighted by Crippen LogP contribution is 2.26. The molecule has 0 aromatic carbocycles. The fraction of sp³-hybridized carbons (Fsp3) is 0.350. The number of aromatic amines is 1. The first-order chi connectivity index (χ1) is 13.2. The van der Waals surface area contributed by atoms with Crippen molar-refractivity contribution in [2.24, 2.45) is 0 Å². The van der Waals surface area contributed by atoms with E-state index in [1.807, 2.05) is 37.5 Å². The average Bonchev–Trinajstić information content (AvgIpc) is 2.70. The van der Waals surface area contributed by atoms with Crippen molar-refractivity contribution >= 4 is 0 Å². The van der Waals surface area contributed by atoms with E-state index in [0.29, 0.717) is 11.5 Å². The van der Waals surface area contributed by atoms with Crippen LogP contribution in [0.3, 0.4) is 0 Å². The molecular weight excluding hydrogens is 340 g/mol. The number of H-pyrrole nitrogens is 1. The Morgan fingerprint density at radius 3 is 2.85 bits per heavy atom. The van der Waals surface area contributed by atoms with Crippen LogP contribution in [-0.4, -0.2) is 42.9 Å². The third-order valence-corrected chi connectivity index (χ3v) is 4.83. The number of piperidine rings is 1. The summed E-state index contributed by atoms with van der Waals surface area (Å²) in [6, 6.07) is 7.21. The zero-order chi connectivity index (χ0) is 18.6. The van der Waals surface area contributed by atoms with Gasteiger partial charge in [-0.3, -0.25) is 14.7 Å². The third kappa shape index (κ3) is 4.25. The summed E-state index contributed by atoms with van der Waals surface area (Å²) < 4.78 is 0. The Morgan fingerprint density at radius 2 is 2.07 bits per heavy atom. The topological polar surface area (TPSA) is 87.7 Å². The molecular formula is C20H22N6O. The number of nitrogens with zero attached hydrogens (tertiary/aromatic N) is 5. The molecule has 1 aliphatic rings. The van der Waals surface area contributed by atoms with Crippen LogP contribution in [0.15, 0.2) is 47.7 Å². The van der Waals surface area contributed by atoms with Crippen LogP contribution in [0.25, 0.3) is 11.5 Å². The largest absolute Gasteiger partial charge is 0.305 e. The van der Waals surface area contributed by atoms with Crippen molar-refractivity contribution in [2.45, 2.75) is 32.2 Å². The molecule has 138 valence electrons. The maximum Gasteiger partial charge on any atom is 0.251 e. The summed E-state index contributed by atoms with van der Waals surface area (Å²) in [7, 11) is 0. The molecule has 0 aliphatic carbocycles. The molecule has 0 bridgehead atoms. The van der Waals surface area contributed by atoms with Gasteiger partial charge in [-0.05, 0) is 38.4 Å². The number of hydrogen-bond donors (Lipinski definition) is 1. The molecule has 1 fully saturated rings.